The van der Waals surface area contributed by atoms with E-state index in [0.29, 0.717) is 0 Å². The van der Waals surface area contributed by atoms with Gasteiger partial charge in [-0.3, -0.25) is 0 Å². The van der Waals surface area contributed by atoms with Crippen LogP contribution in [0.3, 0.4) is 0 Å². The largest absolute Gasteiger partial charge is 0.456 e. The highest BCUT2D eigenvalue weighted by molar-refractivity contribution is 6.21. The molecular formula is C40H25NO. The fourth-order valence-electron chi connectivity index (χ4n) is 6.65. The van der Waals surface area contributed by atoms with Crippen LogP contribution in [0.25, 0.3) is 65.0 Å². The van der Waals surface area contributed by atoms with Gasteiger partial charge in [0.25, 0.3) is 0 Å². The number of furan rings is 1. The van der Waals surface area contributed by atoms with Gasteiger partial charge in [-0.25, -0.2) is 0 Å². The monoisotopic (exact) mass is 535 g/mol. The number of nitrogens with zero attached hydrogens (tertiary/aromatic N) is 1. The predicted octanol–water partition coefficient (Wildman–Crippen LogP) is 11.7. The van der Waals surface area contributed by atoms with Crippen molar-refractivity contribution in [1.82, 2.24) is 0 Å². The van der Waals surface area contributed by atoms with Gasteiger partial charge in [0.1, 0.15) is 11.2 Å². The fourth-order valence-corrected chi connectivity index (χ4v) is 6.65. The highest BCUT2D eigenvalue weighted by atomic mass is 16.3. The summed E-state index contributed by atoms with van der Waals surface area (Å²) in [5.41, 5.74) is 5.13. The van der Waals surface area contributed by atoms with Gasteiger partial charge in [0.15, 0.2) is 0 Å². The maximum atomic E-state index is 6.33. The molecule has 0 N–H and O–H groups in total. The first-order valence-electron chi connectivity index (χ1n) is 14.4. The molecule has 0 unspecified atom stereocenters. The van der Waals surface area contributed by atoms with Gasteiger partial charge in [-0.1, -0.05) is 103 Å². The van der Waals surface area contributed by atoms with Gasteiger partial charge >= 0.3 is 0 Å². The van der Waals surface area contributed by atoms with E-state index >= 15 is 0 Å². The van der Waals surface area contributed by atoms with Crippen molar-refractivity contribution in [2.24, 2.45) is 0 Å². The first-order chi connectivity index (χ1) is 20.8. The summed E-state index contributed by atoms with van der Waals surface area (Å²) in [6, 6.07) is 54.4. The number of para-hydroxylation sites is 1. The van der Waals surface area contributed by atoms with Crippen molar-refractivity contribution in [2.45, 2.75) is 0 Å². The highest BCUT2D eigenvalue weighted by Gasteiger charge is 2.17. The summed E-state index contributed by atoms with van der Waals surface area (Å²) in [5.74, 6) is 0. The molecule has 2 heteroatoms. The highest BCUT2D eigenvalue weighted by Crippen LogP contribution is 2.42. The SMILES string of the molecule is c1ccc(N(c2ccc3ccc4ccc5ccccc5c4c3c2)c2ccc3oc4ccc5ccccc5c4c3c2)cc1. The maximum absolute atomic E-state index is 6.33. The Balaban J connectivity index is 1.33. The van der Waals surface area contributed by atoms with Crippen molar-refractivity contribution in [3.63, 3.8) is 0 Å². The minimum atomic E-state index is 0.897. The lowest BCUT2D eigenvalue weighted by molar-refractivity contribution is 0.669. The molecule has 0 saturated heterocycles. The van der Waals surface area contributed by atoms with Crippen LogP contribution >= 0.6 is 0 Å². The molecular weight excluding hydrogens is 510 g/mol. The number of fused-ring (bicyclic) bond motifs is 10. The van der Waals surface area contributed by atoms with Crippen molar-refractivity contribution < 1.29 is 4.42 Å². The molecule has 0 atom stereocenters. The van der Waals surface area contributed by atoms with Crippen molar-refractivity contribution >= 4 is 82.1 Å². The van der Waals surface area contributed by atoms with Gasteiger partial charge in [0, 0.05) is 27.8 Å². The second kappa shape index (κ2) is 8.95. The van der Waals surface area contributed by atoms with Gasteiger partial charge in [0.2, 0.25) is 0 Å². The van der Waals surface area contributed by atoms with Crippen LogP contribution in [0.5, 0.6) is 0 Å². The molecule has 0 spiro atoms. The lowest BCUT2D eigenvalue weighted by Gasteiger charge is -2.26. The Labute approximate surface area is 242 Å². The van der Waals surface area contributed by atoms with E-state index in [2.05, 4.69) is 157 Å². The minimum absolute atomic E-state index is 0.897. The van der Waals surface area contributed by atoms with Crippen molar-refractivity contribution in [3.8, 4) is 0 Å². The number of hydrogen-bond acceptors (Lipinski definition) is 2. The number of rotatable bonds is 3. The molecule has 0 radical (unpaired) electrons. The molecule has 196 valence electrons. The lowest BCUT2D eigenvalue weighted by atomic mass is 9.96. The van der Waals surface area contributed by atoms with Crippen LogP contribution in [0.4, 0.5) is 17.1 Å². The average Bonchev–Trinajstić information content (AvgIpc) is 3.44. The van der Waals surface area contributed by atoms with Crippen molar-refractivity contribution in [1.29, 1.82) is 0 Å². The molecule has 1 aromatic heterocycles. The van der Waals surface area contributed by atoms with Crippen LogP contribution in [0, 0.1) is 0 Å². The Hall–Kier alpha value is -5.60. The summed E-state index contributed by atoms with van der Waals surface area (Å²) in [4.78, 5) is 2.35. The van der Waals surface area contributed by atoms with Gasteiger partial charge in [0.05, 0.1) is 0 Å². The molecule has 0 aliphatic heterocycles. The van der Waals surface area contributed by atoms with Crippen LogP contribution < -0.4 is 4.90 Å². The molecule has 0 aliphatic carbocycles. The zero-order valence-electron chi connectivity index (χ0n) is 22.8. The Morgan fingerprint density at radius 1 is 0.333 bits per heavy atom. The molecule has 0 fully saturated rings. The molecule has 0 amide bonds. The molecule has 8 aromatic carbocycles. The third kappa shape index (κ3) is 3.45. The first-order valence-corrected chi connectivity index (χ1v) is 14.4. The second-order valence-electron chi connectivity index (χ2n) is 11.0. The van der Waals surface area contributed by atoms with E-state index in [0.717, 1.165) is 39.0 Å². The first kappa shape index (κ1) is 23.1. The number of benzene rings is 8. The summed E-state index contributed by atoms with van der Waals surface area (Å²) in [5, 5.41) is 12.3. The molecule has 0 aliphatic rings. The summed E-state index contributed by atoms with van der Waals surface area (Å²) in [6.45, 7) is 0. The molecule has 0 bridgehead atoms. The van der Waals surface area contributed by atoms with E-state index in [-0.39, 0.29) is 0 Å². The normalized spacial score (nSPS) is 11.8. The number of hydrogen-bond donors (Lipinski definition) is 0. The summed E-state index contributed by atoms with van der Waals surface area (Å²) >= 11 is 0. The lowest BCUT2D eigenvalue weighted by Crippen LogP contribution is -2.09. The Morgan fingerprint density at radius 2 is 0.857 bits per heavy atom. The van der Waals surface area contributed by atoms with Gasteiger partial charge in [-0.15, -0.1) is 0 Å². The Kier molecular flexibility index (Phi) is 4.93. The molecule has 9 aromatic rings. The third-order valence-corrected chi connectivity index (χ3v) is 8.58. The quantitative estimate of drug-likeness (QED) is 0.209. The smallest absolute Gasteiger partial charge is 0.136 e. The predicted molar refractivity (Wildman–Crippen MR) is 178 cm³/mol. The van der Waals surface area contributed by atoms with Gasteiger partial charge in [-0.05, 0) is 91.6 Å². The zero-order valence-corrected chi connectivity index (χ0v) is 22.8. The standard InChI is InChI=1S/C40H25NO/c1-2-10-30(11-3-1)41(32-21-23-37-36(25-32)40-34-13-7-5-9-27(34)19-22-38(40)42-37)31-20-18-28-15-17-29-16-14-26-8-4-6-12-33(26)39(29)35(28)24-31/h1-25H. The number of anilines is 3. The maximum Gasteiger partial charge on any atom is 0.136 e. The third-order valence-electron chi connectivity index (χ3n) is 8.58. The van der Waals surface area contributed by atoms with E-state index in [1.165, 1.54) is 43.1 Å². The summed E-state index contributed by atoms with van der Waals surface area (Å²) < 4.78 is 6.33. The van der Waals surface area contributed by atoms with Crippen LogP contribution in [0.2, 0.25) is 0 Å². The van der Waals surface area contributed by atoms with Gasteiger partial charge < -0.3 is 9.32 Å². The molecule has 0 saturated carbocycles. The fraction of sp³-hybridized carbons (Fsp3) is 0. The molecule has 1 heterocycles. The molecule has 9 rings (SSSR count). The van der Waals surface area contributed by atoms with Crippen LogP contribution in [-0.2, 0) is 0 Å². The molecule has 42 heavy (non-hydrogen) atoms. The van der Waals surface area contributed by atoms with E-state index in [4.69, 9.17) is 4.42 Å². The van der Waals surface area contributed by atoms with E-state index < -0.39 is 0 Å². The average molecular weight is 536 g/mol. The summed E-state index contributed by atoms with van der Waals surface area (Å²) in [6.07, 6.45) is 0. The van der Waals surface area contributed by atoms with Crippen LogP contribution in [-0.4, -0.2) is 0 Å². The second-order valence-corrected chi connectivity index (χ2v) is 11.0. The Bertz CT molecular complexity index is 2470. The van der Waals surface area contributed by atoms with Crippen LogP contribution in [0.1, 0.15) is 0 Å². The van der Waals surface area contributed by atoms with Crippen LogP contribution in [0.15, 0.2) is 156 Å². The zero-order chi connectivity index (χ0) is 27.6. The van der Waals surface area contributed by atoms with E-state index in [1.54, 1.807) is 0 Å². The van der Waals surface area contributed by atoms with Crippen molar-refractivity contribution in [2.75, 3.05) is 4.90 Å². The minimum Gasteiger partial charge on any atom is -0.456 e. The van der Waals surface area contributed by atoms with Gasteiger partial charge in [-0.2, -0.15) is 0 Å². The van der Waals surface area contributed by atoms with E-state index in [1.807, 2.05) is 0 Å². The Morgan fingerprint density at radius 3 is 1.62 bits per heavy atom. The topological polar surface area (TPSA) is 16.4 Å². The molecule has 2 nitrogen and oxygen atoms in total. The summed E-state index contributed by atoms with van der Waals surface area (Å²) in [7, 11) is 0. The van der Waals surface area contributed by atoms with Crippen molar-refractivity contribution in [3.05, 3.63) is 152 Å². The van der Waals surface area contributed by atoms with E-state index in [9.17, 15) is 0 Å².